The maximum Gasteiger partial charge on any atom is 0.193 e. The minimum atomic E-state index is 0.785. The summed E-state index contributed by atoms with van der Waals surface area (Å²) in [7, 11) is 0. The predicted molar refractivity (Wildman–Crippen MR) is 74.7 cm³/mol. The fraction of sp³-hybridized carbons (Fsp3) is 0.615. The molecule has 98 valence electrons. The maximum absolute atomic E-state index is 5.66. The Hall–Kier alpha value is -0.910. The molecule has 1 fully saturated rings. The van der Waals surface area contributed by atoms with Crippen molar-refractivity contribution in [3.63, 3.8) is 0 Å². The molecule has 0 spiro atoms. The molecule has 0 saturated carbocycles. The molecule has 1 aliphatic heterocycles. The Morgan fingerprint density at radius 3 is 3.28 bits per heavy atom. The van der Waals surface area contributed by atoms with Crippen molar-refractivity contribution < 1.29 is 0 Å². The van der Waals surface area contributed by atoms with Gasteiger partial charge in [-0.3, -0.25) is 9.30 Å². The SMILES string of the molecule is NCCC1CCCN(Cc2cn3ccsc3n2)C1. The molecular weight excluding hydrogens is 244 g/mol. The van der Waals surface area contributed by atoms with Gasteiger partial charge in [-0.25, -0.2) is 4.98 Å². The Morgan fingerprint density at radius 2 is 2.44 bits per heavy atom. The van der Waals surface area contributed by atoms with Crippen LogP contribution in [0.3, 0.4) is 0 Å². The van der Waals surface area contributed by atoms with Crippen molar-refractivity contribution in [3.8, 4) is 0 Å². The molecule has 0 amide bonds. The summed E-state index contributed by atoms with van der Waals surface area (Å²) in [6.07, 6.45) is 8.02. The first-order valence-corrected chi connectivity index (χ1v) is 7.56. The zero-order chi connectivity index (χ0) is 12.4. The quantitative estimate of drug-likeness (QED) is 0.918. The molecule has 1 unspecified atom stereocenters. The van der Waals surface area contributed by atoms with E-state index < -0.39 is 0 Å². The van der Waals surface area contributed by atoms with Gasteiger partial charge < -0.3 is 5.73 Å². The molecular formula is C13H20N4S. The Balaban J connectivity index is 1.63. The Kier molecular flexibility index (Phi) is 3.63. The first kappa shape index (κ1) is 12.1. The molecule has 0 radical (unpaired) electrons. The normalized spacial score (nSPS) is 21.7. The van der Waals surface area contributed by atoms with Crippen LogP contribution in [0.4, 0.5) is 0 Å². The van der Waals surface area contributed by atoms with E-state index in [0.717, 1.165) is 30.4 Å². The maximum atomic E-state index is 5.66. The first-order chi connectivity index (χ1) is 8.85. The van der Waals surface area contributed by atoms with E-state index in [-0.39, 0.29) is 0 Å². The number of imidazole rings is 1. The fourth-order valence-electron chi connectivity index (χ4n) is 2.85. The highest BCUT2D eigenvalue weighted by atomic mass is 32.1. The second-order valence-corrected chi connectivity index (χ2v) is 6.02. The third kappa shape index (κ3) is 2.58. The highest BCUT2D eigenvalue weighted by molar-refractivity contribution is 7.15. The highest BCUT2D eigenvalue weighted by Crippen LogP contribution is 2.21. The summed E-state index contributed by atoms with van der Waals surface area (Å²) in [4.78, 5) is 8.27. The van der Waals surface area contributed by atoms with Crippen LogP contribution in [0.2, 0.25) is 0 Å². The number of rotatable bonds is 4. The molecule has 0 aliphatic carbocycles. The number of likely N-dealkylation sites (tertiary alicyclic amines) is 1. The lowest BCUT2D eigenvalue weighted by Crippen LogP contribution is -2.35. The smallest absolute Gasteiger partial charge is 0.193 e. The lowest BCUT2D eigenvalue weighted by atomic mass is 9.95. The van der Waals surface area contributed by atoms with Gasteiger partial charge in [-0.1, -0.05) is 0 Å². The third-order valence-corrected chi connectivity index (χ3v) is 4.48. The zero-order valence-electron chi connectivity index (χ0n) is 10.6. The molecule has 3 rings (SSSR count). The predicted octanol–water partition coefficient (Wildman–Crippen LogP) is 1.96. The van der Waals surface area contributed by atoms with Crippen LogP contribution < -0.4 is 5.73 Å². The van der Waals surface area contributed by atoms with Crippen LogP contribution in [0.1, 0.15) is 25.0 Å². The molecule has 4 nitrogen and oxygen atoms in total. The highest BCUT2D eigenvalue weighted by Gasteiger charge is 2.20. The number of aromatic nitrogens is 2. The van der Waals surface area contributed by atoms with Crippen molar-refractivity contribution in [3.05, 3.63) is 23.5 Å². The minimum absolute atomic E-state index is 0.785. The molecule has 1 aliphatic rings. The van der Waals surface area contributed by atoms with Crippen molar-refractivity contribution in [1.82, 2.24) is 14.3 Å². The van der Waals surface area contributed by atoms with Gasteiger partial charge in [0.05, 0.1) is 5.69 Å². The van der Waals surface area contributed by atoms with Crippen molar-refractivity contribution in [2.24, 2.45) is 11.7 Å². The van der Waals surface area contributed by atoms with Crippen LogP contribution in [-0.4, -0.2) is 33.9 Å². The third-order valence-electron chi connectivity index (χ3n) is 3.71. The van der Waals surface area contributed by atoms with Gasteiger partial charge in [-0.2, -0.15) is 0 Å². The largest absolute Gasteiger partial charge is 0.330 e. The molecule has 3 heterocycles. The van der Waals surface area contributed by atoms with Crippen molar-refractivity contribution >= 4 is 16.3 Å². The van der Waals surface area contributed by atoms with Crippen LogP contribution in [-0.2, 0) is 6.54 Å². The van der Waals surface area contributed by atoms with E-state index in [2.05, 4.69) is 32.1 Å². The van der Waals surface area contributed by atoms with Gasteiger partial charge in [0.25, 0.3) is 0 Å². The van der Waals surface area contributed by atoms with E-state index in [1.807, 2.05) is 0 Å². The second-order valence-electron chi connectivity index (χ2n) is 5.15. The summed E-state index contributed by atoms with van der Waals surface area (Å²) >= 11 is 1.70. The van der Waals surface area contributed by atoms with E-state index in [1.54, 1.807) is 11.3 Å². The van der Waals surface area contributed by atoms with Crippen LogP contribution in [0, 0.1) is 5.92 Å². The van der Waals surface area contributed by atoms with Crippen molar-refractivity contribution in [2.45, 2.75) is 25.8 Å². The molecule has 1 saturated heterocycles. The summed E-state index contributed by atoms with van der Waals surface area (Å²) in [5, 5.41) is 2.07. The molecule has 18 heavy (non-hydrogen) atoms. The number of fused-ring (bicyclic) bond motifs is 1. The monoisotopic (exact) mass is 264 g/mol. The molecule has 2 aromatic rings. The lowest BCUT2D eigenvalue weighted by Gasteiger charge is -2.32. The van der Waals surface area contributed by atoms with Gasteiger partial charge >= 0.3 is 0 Å². The molecule has 1 atom stereocenters. The standard InChI is InChI=1S/C13H20N4S/c14-4-3-11-2-1-5-16(8-11)9-12-10-17-6-7-18-13(17)15-12/h6-7,10-11H,1-5,8-9,14H2. The molecule has 2 N–H and O–H groups in total. The van der Waals surface area contributed by atoms with Crippen molar-refractivity contribution in [2.75, 3.05) is 19.6 Å². The van der Waals surface area contributed by atoms with Gasteiger partial charge in [0.15, 0.2) is 4.96 Å². The summed E-state index contributed by atoms with van der Waals surface area (Å²) in [6, 6.07) is 0. The van der Waals surface area contributed by atoms with Gasteiger partial charge in [0.1, 0.15) is 0 Å². The summed E-state index contributed by atoms with van der Waals surface area (Å²) in [5.41, 5.74) is 6.85. The van der Waals surface area contributed by atoms with Gasteiger partial charge in [-0.15, -0.1) is 11.3 Å². The number of hydrogen-bond acceptors (Lipinski definition) is 4. The molecule has 2 aromatic heterocycles. The molecule has 5 heteroatoms. The Morgan fingerprint density at radius 1 is 1.50 bits per heavy atom. The minimum Gasteiger partial charge on any atom is -0.330 e. The lowest BCUT2D eigenvalue weighted by molar-refractivity contribution is 0.161. The number of piperidine rings is 1. The van der Waals surface area contributed by atoms with Gasteiger partial charge in [0.2, 0.25) is 0 Å². The number of hydrogen-bond donors (Lipinski definition) is 1. The van der Waals surface area contributed by atoms with Crippen LogP contribution in [0.25, 0.3) is 4.96 Å². The Bertz CT molecular complexity index is 473. The molecule has 0 aromatic carbocycles. The second kappa shape index (κ2) is 5.38. The van der Waals surface area contributed by atoms with Gasteiger partial charge in [-0.05, 0) is 38.3 Å². The van der Waals surface area contributed by atoms with Crippen molar-refractivity contribution in [1.29, 1.82) is 0 Å². The van der Waals surface area contributed by atoms with E-state index in [4.69, 9.17) is 5.73 Å². The summed E-state index contributed by atoms with van der Waals surface area (Å²) < 4.78 is 2.11. The van der Waals surface area contributed by atoms with E-state index in [9.17, 15) is 0 Å². The summed E-state index contributed by atoms with van der Waals surface area (Å²) in [5.74, 6) is 0.785. The number of nitrogens with zero attached hydrogens (tertiary/aromatic N) is 3. The average Bonchev–Trinajstić information content (AvgIpc) is 2.90. The topological polar surface area (TPSA) is 46.6 Å². The molecule has 0 bridgehead atoms. The van der Waals surface area contributed by atoms with Gasteiger partial charge in [0, 0.05) is 30.9 Å². The Labute approximate surface area is 111 Å². The average molecular weight is 264 g/mol. The van der Waals surface area contributed by atoms with Crippen LogP contribution in [0.15, 0.2) is 17.8 Å². The fourth-order valence-corrected chi connectivity index (χ4v) is 3.57. The number of nitrogens with two attached hydrogens (primary N) is 1. The van der Waals surface area contributed by atoms with Crippen LogP contribution in [0.5, 0.6) is 0 Å². The van der Waals surface area contributed by atoms with E-state index >= 15 is 0 Å². The number of thiazole rings is 1. The first-order valence-electron chi connectivity index (χ1n) is 6.68. The van der Waals surface area contributed by atoms with E-state index in [0.29, 0.717) is 0 Å². The zero-order valence-corrected chi connectivity index (χ0v) is 11.4. The van der Waals surface area contributed by atoms with Crippen LogP contribution >= 0.6 is 11.3 Å². The van der Waals surface area contributed by atoms with E-state index in [1.165, 1.54) is 31.6 Å². The summed E-state index contributed by atoms with van der Waals surface area (Å²) in [6.45, 7) is 4.18.